The molecular formula is C20H23ClN6O3. The van der Waals surface area contributed by atoms with Gasteiger partial charge in [-0.3, -0.25) is 15.0 Å². The van der Waals surface area contributed by atoms with Crippen molar-refractivity contribution in [2.75, 3.05) is 32.0 Å². The fourth-order valence-corrected chi connectivity index (χ4v) is 3.34. The summed E-state index contributed by atoms with van der Waals surface area (Å²) in [7, 11) is 2.01. The van der Waals surface area contributed by atoms with E-state index in [0.717, 1.165) is 25.2 Å². The molecule has 9 nitrogen and oxygen atoms in total. The number of nitro groups is 1. The van der Waals surface area contributed by atoms with Crippen LogP contribution in [0.1, 0.15) is 17.4 Å². The van der Waals surface area contributed by atoms with Crippen LogP contribution in [0.15, 0.2) is 53.1 Å². The highest BCUT2D eigenvalue weighted by molar-refractivity contribution is 5.85. The number of nitro benzene ring substituents is 1. The summed E-state index contributed by atoms with van der Waals surface area (Å²) >= 11 is 0. The first-order valence-electron chi connectivity index (χ1n) is 9.43. The number of anilines is 1. The molecule has 0 amide bonds. The van der Waals surface area contributed by atoms with Gasteiger partial charge < -0.3 is 15.2 Å². The van der Waals surface area contributed by atoms with Crippen molar-refractivity contribution in [3.63, 3.8) is 0 Å². The number of nitrogens with zero attached hydrogens (tertiary/aromatic N) is 4. The summed E-state index contributed by atoms with van der Waals surface area (Å²) in [5.41, 5.74) is 1.97. The summed E-state index contributed by atoms with van der Waals surface area (Å²) in [4.78, 5) is 17.8. The molecule has 2 heterocycles. The van der Waals surface area contributed by atoms with Crippen molar-refractivity contribution in [1.29, 1.82) is 0 Å². The van der Waals surface area contributed by atoms with Gasteiger partial charge in [-0.05, 0) is 24.7 Å². The zero-order valence-electron chi connectivity index (χ0n) is 16.4. The lowest BCUT2D eigenvalue weighted by molar-refractivity contribution is -0.383. The van der Waals surface area contributed by atoms with E-state index in [1.165, 1.54) is 6.07 Å². The molecule has 0 saturated carbocycles. The van der Waals surface area contributed by atoms with Crippen molar-refractivity contribution in [2.45, 2.75) is 12.6 Å². The Morgan fingerprint density at radius 2 is 2.10 bits per heavy atom. The Kier molecular flexibility index (Phi) is 6.99. The minimum Gasteiger partial charge on any atom is -0.375 e. The van der Waals surface area contributed by atoms with Crippen LogP contribution in [0.2, 0.25) is 0 Å². The van der Waals surface area contributed by atoms with E-state index in [2.05, 4.69) is 25.7 Å². The summed E-state index contributed by atoms with van der Waals surface area (Å²) in [6.07, 6.45) is 0. The zero-order valence-corrected chi connectivity index (χ0v) is 17.3. The highest BCUT2D eigenvalue weighted by Crippen LogP contribution is 2.31. The lowest BCUT2D eigenvalue weighted by Crippen LogP contribution is -2.44. The summed E-state index contributed by atoms with van der Waals surface area (Å²) < 4.78 is 5.40. The smallest absolute Gasteiger partial charge is 0.293 e. The molecule has 2 N–H and O–H groups in total. The lowest BCUT2D eigenvalue weighted by Gasteiger charge is -2.30. The Morgan fingerprint density at radius 1 is 1.30 bits per heavy atom. The second-order valence-electron chi connectivity index (χ2n) is 6.99. The minimum absolute atomic E-state index is 0. The lowest BCUT2D eigenvalue weighted by atomic mass is 10.1. The molecule has 0 radical (unpaired) electrons. The monoisotopic (exact) mass is 430 g/mol. The maximum absolute atomic E-state index is 11.6. The molecule has 2 aromatic carbocycles. The summed E-state index contributed by atoms with van der Waals surface area (Å²) in [6, 6.07) is 14.6. The number of rotatable bonds is 6. The van der Waals surface area contributed by atoms with Crippen molar-refractivity contribution < 1.29 is 9.45 Å². The van der Waals surface area contributed by atoms with Crippen LogP contribution in [-0.4, -0.2) is 46.6 Å². The van der Waals surface area contributed by atoms with E-state index >= 15 is 0 Å². The van der Waals surface area contributed by atoms with E-state index in [4.69, 9.17) is 4.52 Å². The number of aromatic nitrogens is 2. The van der Waals surface area contributed by atoms with Gasteiger partial charge in [-0.15, -0.1) is 12.4 Å². The fraction of sp³-hybridized carbons (Fsp3) is 0.300. The summed E-state index contributed by atoms with van der Waals surface area (Å²) in [5, 5.41) is 22.1. The number of nitrogens with one attached hydrogen (secondary N) is 2. The molecule has 1 aliphatic rings. The number of hydrogen-bond acceptors (Lipinski definition) is 8. The molecule has 0 aliphatic carbocycles. The van der Waals surface area contributed by atoms with Gasteiger partial charge in [0.15, 0.2) is 5.82 Å². The van der Waals surface area contributed by atoms with Crippen LogP contribution < -0.4 is 10.6 Å². The van der Waals surface area contributed by atoms with Gasteiger partial charge in [0, 0.05) is 37.8 Å². The van der Waals surface area contributed by atoms with Crippen molar-refractivity contribution >= 4 is 23.8 Å². The Bertz CT molecular complexity index is 997. The molecule has 1 aliphatic heterocycles. The molecule has 10 heteroatoms. The molecule has 1 atom stereocenters. The van der Waals surface area contributed by atoms with Crippen LogP contribution in [0.4, 0.5) is 11.4 Å². The molecule has 30 heavy (non-hydrogen) atoms. The van der Waals surface area contributed by atoms with Crippen LogP contribution in [0.3, 0.4) is 0 Å². The molecule has 1 unspecified atom stereocenters. The van der Waals surface area contributed by atoms with Crippen LogP contribution in [0.25, 0.3) is 11.5 Å². The Morgan fingerprint density at radius 3 is 2.83 bits per heavy atom. The van der Waals surface area contributed by atoms with Gasteiger partial charge in [-0.2, -0.15) is 4.98 Å². The molecule has 158 valence electrons. The van der Waals surface area contributed by atoms with E-state index in [0.29, 0.717) is 23.6 Å². The second kappa shape index (κ2) is 9.66. The Labute approximate surface area is 180 Å². The van der Waals surface area contributed by atoms with Crippen molar-refractivity contribution in [3.05, 3.63) is 70.0 Å². The van der Waals surface area contributed by atoms with E-state index in [1.54, 1.807) is 12.1 Å². The topological polar surface area (TPSA) is 109 Å². The van der Waals surface area contributed by atoms with Crippen molar-refractivity contribution in [3.8, 4) is 11.5 Å². The molecule has 4 rings (SSSR count). The molecular weight excluding hydrogens is 408 g/mol. The Hall–Kier alpha value is -3.01. The molecule has 1 fully saturated rings. The average molecular weight is 431 g/mol. The number of likely N-dealkylation sites (N-methyl/N-ethyl adjacent to an activating group) is 1. The highest BCUT2D eigenvalue weighted by atomic mass is 35.5. The summed E-state index contributed by atoms with van der Waals surface area (Å²) in [6.45, 7) is 3.04. The first-order chi connectivity index (χ1) is 14.1. The van der Waals surface area contributed by atoms with E-state index in [9.17, 15) is 10.1 Å². The number of piperazine rings is 1. The van der Waals surface area contributed by atoms with Gasteiger partial charge in [-0.25, -0.2) is 0 Å². The number of hydrogen-bond donors (Lipinski definition) is 2. The third-order valence-corrected chi connectivity index (χ3v) is 5.02. The fourth-order valence-electron chi connectivity index (χ4n) is 3.34. The number of benzene rings is 2. The van der Waals surface area contributed by atoms with Crippen LogP contribution in [0, 0.1) is 10.1 Å². The highest BCUT2D eigenvalue weighted by Gasteiger charge is 2.26. The van der Waals surface area contributed by atoms with Crippen molar-refractivity contribution in [1.82, 2.24) is 20.4 Å². The number of halogens is 1. The largest absolute Gasteiger partial charge is 0.375 e. The Balaban J connectivity index is 0.00000256. The van der Waals surface area contributed by atoms with E-state index in [-0.39, 0.29) is 30.0 Å². The molecule has 1 aromatic heterocycles. The van der Waals surface area contributed by atoms with E-state index < -0.39 is 4.92 Å². The van der Waals surface area contributed by atoms with E-state index in [1.807, 2.05) is 37.4 Å². The maximum atomic E-state index is 11.6. The predicted molar refractivity (Wildman–Crippen MR) is 116 cm³/mol. The normalized spacial score (nSPS) is 16.6. The summed E-state index contributed by atoms with van der Waals surface area (Å²) in [5.74, 6) is 0.848. The third-order valence-electron chi connectivity index (χ3n) is 5.02. The van der Waals surface area contributed by atoms with Gasteiger partial charge in [0.1, 0.15) is 5.69 Å². The quantitative estimate of drug-likeness (QED) is 0.453. The van der Waals surface area contributed by atoms with Gasteiger partial charge in [-0.1, -0.05) is 35.5 Å². The van der Waals surface area contributed by atoms with Gasteiger partial charge in [0.05, 0.1) is 11.0 Å². The van der Waals surface area contributed by atoms with Gasteiger partial charge in [0.25, 0.3) is 11.6 Å². The molecule has 0 spiro atoms. The maximum Gasteiger partial charge on any atom is 0.293 e. The second-order valence-corrected chi connectivity index (χ2v) is 6.99. The first-order valence-corrected chi connectivity index (χ1v) is 9.43. The van der Waals surface area contributed by atoms with Crippen LogP contribution in [0.5, 0.6) is 0 Å². The predicted octanol–water partition coefficient (Wildman–Crippen LogP) is 3.25. The average Bonchev–Trinajstić information content (AvgIpc) is 3.23. The first kappa shape index (κ1) is 21.7. The minimum atomic E-state index is -0.410. The standard InChI is InChI=1S/C20H22N6O3.ClH/c1-25-10-9-21-13-18(25)19-23-20(29-24-19)15-7-8-16(17(11-15)26(27)28)22-12-14-5-3-2-4-6-14;/h2-8,11,18,21-22H,9-10,12-13H2,1H3;1H. The molecule has 0 bridgehead atoms. The van der Waals surface area contributed by atoms with Crippen LogP contribution >= 0.6 is 12.4 Å². The van der Waals surface area contributed by atoms with Crippen LogP contribution in [-0.2, 0) is 6.54 Å². The molecule has 3 aromatic rings. The van der Waals surface area contributed by atoms with Gasteiger partial charge in [0.2, 0.25) is 0 Å². The SMILES string of the molecule is CN1CCNCC1c1noc(-c2ccc(NCc3ccccc3)c([N+](=O)[O-])c2)n1.Cl. The zero-order chi connectivity index (χ0) is 20.2. The third kappa shape index (κ3) is 4.76. The molecule has 1 saturated heterocycles. The van der Waals surface area contributed by atoms with Crippen molar-refractivity contribution in [2.24, 2.45) is 0 Å². The van der Waals surface area contributed by atoms with Gasteiger partial charge >= 0.3 is 0 Å².